The summed E-state index contributed by atoms with van der Waals surface area (Å²) in [7, 11) is 0. The fourth-order valence-corrected chi connectivity index (χ4v) is 2.74. The molecule has 128 valence electrons. The summed E-state index contributed by atoms with van der Waals surface area (Å²) in [6, 6.07) is 10.6. The molecular weight excluding hydrogens is 508 g/mol. The summed E-state index contributed by atoms with van der Waals surface area (Å²) in [5.74, 6) is -0.451. The van der Waals surface area contributed by atoms with Gasteiger partial charge in [-0.1, -0.05) is 46.9 Å². The van der Waals surface area contributed by atoms with Crippen LogP contribution in [0.1, 0.15) is 10.6 Å². The molecule has 0 aliphatic rings. The van der Waals surface area contributed by atoms with E-state index in [-0.39, 0.29) is 10.9 Å². The molecule has 3 N–H and O–H groups in total. The number of anilines is 1. The average molecular weight is 519 g/mol. The van der Waals surface area contributed by atoms with E-state index in [0.717, 1.165) is 9.26 Å². The molecule has 5 nitrogen and oxygen atoms in total. The molecule has 1 atom stereocenters. The smallest absolute Gasteiger partial charge is 0.288 e. The highest BCUT2D eigenvalue weighted by atomic mass is 127. The van der Waals surface area contributed by atoms with Crippen molar-refractivity contribution < 1.29 is 9.21 Å². The summed E-state index contributed by atoms with van der Waals surface area (Å²) < 4.78 is 4.13. The maximum Gasteiger partial charge on any atom is 0.288 e. The Balaban J connectivity index is 2.05. The molecular formula is C14H11Cl3IN3O2S. The minimum absolute atomic E-state index is 0.0903. The minimum Gasteiger partial charge on any atom is -0.459 e. The van der Waals surface area contributed by atoms with Crippen LogP contribution in [-0.4, -0.2) is 21.0 Å². The average Bonchev–Trinajstić information content (AvgIpc) is 3.02. The van der Waals surface area contributed by atoms with Crippen molar-refractivity contribution in [1.29, 1.82) is 0 Å². The number of furan rings is 1. The van der Waals surface area contributed by atoms with Crippen LogP contribution >= 0.6 is 69.6 Å². The van der Waals surface area contributed by atoms with Crippen LogP contribution < -0.4 is 16.0 Å². The summed E-state index contributed by atoms with van der Waals surface area (Å²) in [6.45, 7) is 0. The lowest BCUT2D eigenvalue weighted by Gasteiger charge is -2.27. The van der Waals surface area contributed by atoms with E-state index in [4.69, 9.17) is 51.4 Å². The van der Waals surface area contributed by atoms with E-state index in [2.05, 4.69) is 38.5 Å². The van der Waals surface area contributed by atoms with E-state index in [0.29, 0.717) is 0 Å². The van der Waals surface area contributed by atoms with E-state index < -0.39 is 15.9 Å². The number of hydrogen-bond acceptors (Lipinski definition) is 3. The third-order valence-corrected chi connectivity index (χ3v) is 4.56. The monoisotopic (exact) mass is 517 g/mol. The number of amides is 1. The molecule has 0 unspecified atom stereocenters. The summed E-state index contributed by atoms with van der Waals surface area (Å²) in [6.07, 6.45) is 0.303. The van der Waals surface area contributed by atoms with Gasteiger partial charge >= 0.3 is 0 Å². The van der Waals surface area contributed by atoms with Gasteiger partial charge in [-0.3, -0.25) is 4.79 Å². The molecule has 0 saturated carbocycles. The molecule has 2 aromatic rings. The lowest BCUT2D eigenvalue weighted by atomic mass is 10.3. The van der Waals surface area contributed by atoms with Crippen molar-refractivity contribution in [3.8, 4) is 0 Å². The molecule has 1 amide bonds. The highest BCUT2D eigenvalue weighted by Crippen LogP contribution is 2.29. The Kier molecular flexibility index (Phi) is 6.99. The largest absolute Gasteiger partial charge is 0.459 e. The molecule has 10 heteroatoms. The molecule has 0 aliphatic carbocycles. The first-order valence-corrected chi connectivity index (χ1v) is 9.12. The van der Waals surface area contributed by atoms with Gasteiger partial charge < -0.3 is 20.4 Å². The number of alkyl halides is 3. The molecule has 0 bridgehead atoms. The van der Waals surface area contributed by atoms with Gasteiger partial charge in [0.05, 0.1) is 12.0 Å². The lowest BCUT2D eigenvalue weighted by molar-refractivity contribution is 0.0906. The summed E-state index contributed by atoms with van der Waals surface area (Å²) in [5.41, 5.74) is 0.788. The van der Waals surface area contributed by atoms with Gasteiger partial charge in [-0.2, -0.15) is 0 Å². The number of benzene rings is 1. The number of rotatable bonds is 4. The zero-order valence-corrected chi connectivity index (χ0v) is 17.1. The van der Waals surface area contributed by atoms with E-state index in [1.165, 1.54) is 12.3 Å². The van der Waals surface area contributed by atoms with E-state index in [1.54, 1.807) is 6.07 Å². The van der Waals surface area contributed by atoms with Crippen LogP contribution in [0.25, 0.3) is 0 Å². The zero-order valence-electron chi connectivity index (χ0n) is 11.9. The minimum atomic E-state index is -1.84. The van der Waals surface area contributed by atoms with Crippen LogP contribution in [0.15, 0.2) is 47.1 Å². The standard InChI is InChI=1S/C14H11Cl3IN3O2S/c15-14(16,17)12(20-11(22)10-6-3-7-23-10)21-13(24)19-9-5-2-1-4-8(9)18/h1-7,12H,(H,20,22)(H2,19,21,24)/t12-/m0/s1. The molecule has 1 aromatic carbocycles. The highest BCUT2D eigenvalue weighted by molar-refractivity contribution is 14.1. The summed E-state index contributed by atoms with van der Waals surface area (Å²) in [4.78, 5) is 12.1. The third-order valence-electron chi connectivity index (χ3n) is 2.75. The van der Waals surface area contributed by atoms with Gasteiger partial charge in [-0.05, 0) is 59.1 Å². The van der Waals surface area contributed by atoms with Gasteiger partial charge in [-0.15, -0.1) is 0 Å². The number of thiocarbonyl (C=S) groups is 1. The number of para-hydroxylation sites is 1. The van der Waals surface area contributed by atoms with Gasteiger partial charge in [-0.25, -0.2) is 0 Å². The van der Waals surface area contributed by atoms with Crippen LogP contribution in [0.5, 0.6) is 0 Å². The maximum atomic E-state index is 12.1. The molecule has 24 heavy (non-hydrogen) atoms. The Morgan fingerprint density at radius 3 is 2.46 bits per heavy atom. The Morgan fingerprint density at radius 1 is 1.17 bits per heavy atom. The lowest BCUT2D eigenvalue weighted by Crippen LogP contribution is -2.56. The second kappa shape index (κ2) is 8.57. The fraction of sp³-hybridized carbons (Fsp3) is 0.143. The Bertz CT molecular complexity index is 722. The maximum absolute atomic E-state index is 12.1. The second-order valence-electron chi connectivity index (χ2n) is 4.50. The van der Waals surface area contributed by atoms with Crippen molar-refractivity contribution in [1.82, 2.24) is 10.6 Å². The van der Waals surface area contributed by atoms with Crippen molar-refractivity contribution in [2.24, 2.45) is 0 Å². The molecule has 0 spiro atoms. The van der Waals surface area contributed by atoms with Crippen molar-refractivity contribution in [3.05, 3.63) is 52.0 Å². The van der Waals surface area contributed by atoms with Gasteiger partial charge in [0.1, 0.15) is 6.17 Å². The van der Waals surface area contributed by atoms with Crippen LogP contribution in [0.4, 0.5) is 5.69 Å². The molecule has 1 heterocycles. The topological polar surface area (TPSA) is 66.3 Å². The van der Waals surface area contributed by atoms with E-state index >= 15 is 0 Å². The van der Waals surface area contributed by atoms with Crippen molar-refractivity contribution >= 4 is 86.3 Å². The molecule has 0 fully saturated rings. The molecule has 2 rings (SSSR count). The quantitative estimate of drug-likeness (QED) is 0.244. The summed E-state index contributed by atoms with van der Waals surface area (Å²) >= 11 is 25.1. The van der Waals surface area contributed by atoms with Gasteiger partial charge in [0.15, 0.2) is 10.9 Å². The van der Waals surface area contributed by atoms with E-state index in [9.17, 15) is 4.79 Å². The van der Waals surface area contributed by atoms with Crippen LogP contribution in [0.3, 0.4) is 0 Å². The normalized spacial score (nSPS) is 12.3. The predicted octanol–water partition coefficient (Wildman–Crippen LogP) is 4.30. The first kappa shape index (κ1) is 19.6. The van der Waals surface area contributed by atoms with Crippen molar-refractivity contribution in [3.63, 3.8) is 0 Å². The number of hydrogen-bond donors (Lipinski definition) is 3. The number of nitrogens with one attached hydrogen (secondary N) is 3. The van der Waals surface area contributed by atoms with Gasteiger partial charge in [0, 0.05) is 3.57 Å². The number of carbonyl (C=O) groups excluding carboxylic acids is 1. The Morgan fingerprint density at radius 2 is 1.88 bits per heavy atom. The van der Waals surface area contributed by atoms with Crippen molar-refractivity contribution in [2.45, 2.75) is 9.96 Å². The molecule has 1 aromatic heterocycles. The fourth-order valence-electron chi connectivity index (χ4n) is 1.66. The first-order valence-electron chi connectivity index (χ1n) is 6.50. The zero-order chi connectivity index (χ0) is 17.7. The second-order valence-corrected chi connectivity index (χ2v) is 8.44. The number of carbonyl (C=O) groups is 1. The molecule has 0 saturated heterocycles. The summed E-state index contributed by atoms with van der Waals surface area (Å²) in [5, 5.41) is 8.47. The Labute approximate surface area is 172 Å². The van der Waals surface area contributed by atoms with Crippen LogP contribution in [0.2, 0.25) is 0 Å². The van der Waals surface area contributed by atoms with Crippen molar-refractivity contribution in [2.75, 3.05) is 5.32 Å². The predicted molar refractivity (Wildman–Crippen MR) is 109 cm³/mol. The Hall–Kier alpha value is -0.740. The van der Waals surface area contributed by atoms with Gasteiger partial charge in [0.2, 0.25) is 3.79 Å². The highest BCUT2D eigenvalue weighted by Gasteiger charge is 2.35. The number of halogens is 4. The third kappa shape index (κ3) is 5.66. The van der Waals surface area contributed by atoms with E-state index in [1.807, 2.05) is 24.3 Å². The van der Waals surface area contributed by atoms with Crippen LogP contribution in [-0.2, 0) is 0 Å². The van der Waals surface area contributed by atoms with Crippen LogP contribution in [0, 0.1) is 3.57 Å². The molecule has 0 radical (unpaired) electrons. The first-order chi connectivity index (χ1) is 11.3. The molecule has 0 aliphatic heterocycles. The van der Waals surface area contributed by atoms with Gasteiger partial charge in [0.25, 0.3) is 5.91 Å². The SMILES string of the molecule is O=C(N[C@@H](NC(=S)Nc1ccccc1I)C(Cl)(Cl)Cl)c1ccco1.